The average Bonchev–Trinajstić information content (AvgIpc) is 3.18. The Bertz CT molecular complexity index is 837. The molecular formula is C15H17N7O. The number of hydrogen-bond acceptors (Lipinski definition) is 5. The summed E-state index contributed by atoms with van der Waals surface area (Å²) in [6, 6.07) is 5.86. The second kappa shape index (κ2) is 5.79. The molecule has 0 fully saturated rings. The molecule has 1 N–H and O–H groups in total. The van der Waals surface area contributed by atoms with Gasteiger partial charge in [0.25, 0.3) is 0 Å². The maximum absolute atomic E-state index is 12.6. The van der Waals surface area contributed by atoms with Gasteiger partial charge in [-0.2, -0.15) is 5.10 Å². The van der Waals surface area contributed by atoms with Gasteiger partial charge >= 0.3 is 0 Å². The second-order valence-electron chi connectivity index (χ2n) is 5.72. The predicted molar refractivity (Wildman–Crippen MR) is 81.4 cm³/mol. The zero-order chi connectivity index (χ0) is 15.6. The fraction of sp³-hybridized carbons (Fsp3) is 0.400. The van der Waals surface area contributed by atoms with Crippen LogP contribution < -0.4 is 5.32 Å². The normalized spacial score (nSPS) is 17.7. The van der Waals surface area contributed by atoms with E-state index in [0.29, 0.717) is 12.4 Å². The van der Waals surface area contributed by atoms with E-state index in [1.807, 2.05) is 24.4 Å². The highest BCUT2D eigenvalue weighted by molar-refractivity contribution is 5.82. The summed E-state index contributed by atoms with van der Waals surface area (Å²) in [4.78, 5) is 12.6. The average molecular weight is 311 g/mol. The highest BCUT2D eigenvalue weighted by Gasteiger charge is 2.28. The molecule has 0 saturated heterocycles. The SMILES string of the molecule is O=C(NCc1cccn2nccc12)C1CCCCn2nnnc21. The van der Waals surface area contributed by atoms with Crippen molar-refractivity contribution < 1.29 is 4.79 Å². The van der Waals surface area contributed by atoms with Gasteiger partial charge in [0, 0.05) is 25.5 Å². The number of pyridine rings is 1. The summed E-state index contributed by atoms with van der Waals surface area (Å²) in [5, 5.41) is 18.9. The Labute approximate surface area is 132 Å². The van der Waals surface area contributed by atoms with Crippen molar-refractivity contribution in [2.24, 2.45) is 0 Å². The van der Waals surface area contributed by atoms with Crippen LogP contribution in [0.2, 0.25) is 0 Å². The van der Waals surface area contributed by atoms with Crippen LogP contribution in [-0.2, 0) is 17.9 Å². The molecule has 1 aliphatic heterocycles. The Balaban J connectivity index is 1.51. The summed E-state index contributed by atoms with van der Waals surface area (Å²) < 4.78 is 3.54. The van der Waals surface area contributed by atoms with Crippen molar-refractivity contribution in [3.63, 3.8) is 0 Å². The number of rotatable bonds is 3. The largest absolute Gasteiger partial charge is 0.351 e. The molecule has 0 saturated carbocycles. The fourth-order valence-electron chi connectivity index (χ4n) is 3.08. The molecule has 1 amide bonds. The first-order chi connectivity index (χ1) is 11.3. The standard InChI is InChI=1S/C15H17N7O/c23-15(12-5-1-2-8-22-14(12)18-19-20-22)16-10-11-4-3-9-21-13(11)6-7-17-21/h3-4,6-7,9,12H,1-2,5,8,10H2,(H,16,23). The molecular weight excluding hydrogens is 294 g/mol. The van der Waals surface area contributed by atoms with Crippen LogP contribution in [0.3, 0.4) is 0 Å². The molecule has 0 aromatic carbocycles. The topological polar surface area (TPSA) is 90.0 Å². The van der Waals surface area contributed by atoms with E-state index in [0.717, 1.165) is 36.9 Å². The molecule has 23 heavy (non-hydrogen) atoms. The first-order valence-electron chi connectivity index (χ1n) is 7.78. The van der Waals surface area contributed by atoms with Gasteiger partial charge in [0.2, 0.25) is 5.91 Å². The summed E-state index contributed by atoms with van der Waals surface area (Å²) in [6.45, 7) is 1.24. The number of fused-ring (bicyclic) bond motifs is 2. The molecule has 0 spiro atoms. The number of nitrogens with zero attached hydrogens (tertiary/aromatic N) is 6. The first kappa shape index (κ1) is 13.9. The van der Waals surface area contributed by atoms with Gasteiger partial charge in [0.05, 0.1) is 11.4 Å². The number of nitrogens with one attached hydrogen (secondary N) is 1. The zero-order valence-corrected chi connectivity index (χ0v) is 12.6. The van der Waals surface area contributed by atoms with Crippen molar-refractivity contribution in [3.05, 3.63) is 42.0 Å². The molecule has 1 atom stereocenters. The lowest BCUT2D eigenvalue weighted by Gasteiger charge is -2.13. The lowest BCUT2D eigenvalue weighted by Crippen LogP contribution is -2.30. The molecule has 0 bridgehead atoms. The van der Waals surface area contributed by atoms with E-state index in [-0.39, 0.29) is 11.8 Å². The molecule has 8 nitrogen and oxygen atoms in total. The van der Waals surface area contributed by atoms with Gasteiger partial charge in [-0.15, -0.1) is 5.10 Å². The summed E-state index contributed by atoms with van der Waals surface area (Å²) in [5.41, 5.74) is 2.03. The Morgan fingerprint density at radius 1 is 1.35 bits per heavy atom. The monoisotopic (exact) mass is 311 g/mol. The van der Waals surface area contributed by atoms with Crippen molar-refractivity contribution in [3.8, 4) is 0 Å². The van der Waals surface area contributed by atoms with Gasteiger partial charge in [-0.25, -0.2) is 9.20 Å². The number of tetrazole rings is 1. The third-order valence-electron chi connectivity index (χ3n) is 4.28. The summed E-state index contributed by atoms with van der Waals surface area (Å²) >= 11 is 0. The van der Waals surface area contributed by atoms with Gasteiger partial charge < -0.3 is 5.32 Å². The van der Waals surface area contributed by atoms with E-state index < -0.39 is 0 Å². The maximum atomic E-state index is 12.6. The minimum Gasteiger partial charge on any atom is -0.351 e. The molecule has 1 aliphatic rings. The van der Waals surface area contributed by atoms with Crippen LogP contribution in [0.15, 0.2) is 30.6 Å². The lowest BCUT2D eigenvalue weighted by atomic mass is 10.0. The fourth-order valence-corrected chi connectivity index (χ4v) is 3.08. The Hall–Kier alpha value is -2.77. The van der Waals surface area contributed by atoms with Gasteiger partial charge in [0.15, 0.2) is 5.82 Å². The highest BCUT2D eigenvalue weighted by Crippen LogP contribution is 2.24. The van der Waals surface area contributed by atoms with Crippen molar-refractivity contribution in [1.29, 1.82) is 0 Å². The van der Waals surface area contributed by atoms with Crippen LogP contribution >= 0.6 is 0 Å². The van der Waals surface area contributed by atoms with E-state index in [9.17, 15) is 4.79 Å². The molecule has 0 aliphatic carbocycles. The van der Waals surface area contributed by atoms with E-state index in [2.05, 4.69) is 25.9 Å². The van der Waals surface area contributed by atoms with E-state index in [1.54, 1.807) is 15.4 Å². The van der Waals surface area contributed by atoms with Crippen molar-refractivity contribution in [2.45, 2.75) is 38.3 Å². The predicted octanol–water partition coefficient (Wildman–Crippen LogP) is 0.905. The third-order valence-corrected chi connectivity index (χ3v) is 4.28. The number of amides is 1. The van der Waals surface area contributed by atoms with Crippen LogP contribution in [0, 0.1) is 0 Å². The van der Waals surface area contributed by atoms with Crippen molar-refractivity contribution in [2.75, 3.05) is 0 Å². The van der Waals surface area contributed by atoms with Gasteiger partial charge in [-0.1, -0.05) is 12.5 Å². The number of aryl methyl sites for hydroxylation is 1. The Morgan fingerprint density at radius 3 is 3.26 bits per heavy atom. The molecule has 4 rings (SSSR count). The quantitative estimate of drug-likeness (QED) is 0.776. The van der Waals surface area contributed by atoms with Gasteiger partial charge in [0.1, 0.15) is 0 Å². The highest BCUT2D eigenvalue weighted by atomic mass is 16.1. The third kappa shape index (κ3) is 2.56. The van der Waals surface area contributed by atoms with Gasteiger partial charge in [-0.3, -0.25) is 4.79 Å². The minimum atomic E-state index is -0.280. The molecule has 3 aromatic heterocycles. The molecule has 1 unspecified atom stereocenters. The first-order valence-corrected chi connectivity index (χ1v) is 7.78. The smallest absolute Gasteiger partial charge is 0.231 e. The molecule has 3 aromatic rings. The zero-order valence-electron chi connectivity index (χ0n) is 12.6. The summed E-state index contributed by atoms with van der Waals surface area (Å²) in [5.74, 6) is 0.365. The maximum Gasteiger partial charge on any atom is 0.231 e. The molecule has 118 valence electrons. The summed E-state index contributed by atoms with van der Waals surface area (Å²) in [7, 11) is 0. The Kier molecular flexibility index (Phi) is 3.49. The number of carbonyl (C=O) groups is 1. The molecule has 4 heterocycles. The lowest BCUT2D eigenvalue weighted by molar-refractivity contribution is -0.123. The van der Waals surface area contributed by atoms with Crippen molar-refractivity contribution in [1.82, 2.24) is 35.1 Å². The van der Waals surface area contributed by atoms with Crippen LogP contribution in [0.5, 0.6) is 0 Å². The Morgan fingerprint density at radius 2 is 2.30 bits per heavy atom. The van der Waals surface area contributed by atoms with E-state index >= 15 is 0 Å². The van der Waals surface area contributed by atoms with Crippen LogP contribution in [0.4, 0.5) is 0 Å². The van der Waals surface area contributed by atoms with E-state index in [1.165, 1.54) is 0 Å². The summed E-state index contributed by atoms with van der Waals surface area (Å²) in [6.07, 6.45) is 6.40. The minimum absolute atomic E-state index is 0.0236. The van der Waals surface area contributed by atoms with Gasteiger partial charge in [-0.05, 0) is 41.0 Å². The number of carbonyl (C=O) groups excluding carboxylic acids is 1. The van der Waals surface area contributed by atoms with Crippen LogP contribution in [0.1, 0.15) is 36.6 Å². The molecule has 8 heteroatoms. The van der Waals surface area contributed by atoms with Crippen molar-refractivity contribution >= 4 is 11.4 Å². The van der Waals surface area contributed by atoms with Crippen LogP contribution in [-0.4, -0.2) is 35.7 Å². The molecule has 0 radical (unpaired) electrons. The van der Waals surface area contributed by atoms with Crippen LogP contribution in [0.25, 0.3) is 5.52 Å². The second-order valence-corrected chi connectivity index (χ2v) is 5.72. The van der Waals surface area contributed by atoms with E-state index in [4.69, 9.17) is 0 Å². The number of aromatic nitrogens is 6. The number of hydrogen-bond donors (Lipinski definition) is 1.